The minimum Gasteiger partial charge on any atom is -0.462 e. The molecule has 1 aromatic heterocycles. The van der Waals surface area contributed by atoms with E-state index >= 15 is 0 Å². The van der Waals surface area contributed by atoms with E-state index in [1.165, 1.54) is 0 Å². The number of furan rings is 1. The van der Waals surface area contributed by atoms with E-state index in [-0.39, 0.29) is 25.4 Å². The monoisotopic (exact) mass is 303 g/mol. The van der Waals surface area contributed by atoms with Crippen LogP contribution in [0.5, 0.6) is 0 Å². The number of ether oxygens (including phenoxy) is 1. The molecule has 3 rings (SSSR count). The van der Waals surface area contributed by atoms with Crippen molar-refractivity contribution in [2.75, 3.05) is 19.8 Å². The average molecular weight is 303 g/mol. The van der Waals surface area contributed by atoms with Gasteiger partial charge in [-0.15, -0.1) is 0 Å². The Labute approximate surface area is 129 Å². The summed E-state index contributed by atoms with van der Waals surface area (Å²) in [5, 5.41) is 18.7. The molecule has 1 fully saturated rings. The summed E-state index contributed by atoms with van der Waals surface area (Å²) >= 11 is 0. The number of nitrogens with zero attached hydrogens (tertiary/aromatic N) is 1. The second-order valence-corrected chi connectivity index (χ2v) is 5.44. The van der Waals surface area contributed by atoms with Crippen molar-refractivity contribution in [3.05, 3.63) is 59.5 Å². The van der Waals surface area contributed by atoms with E-state index in [2.05, 4.69) is 17.0 Å². The number of rotatable bonds is 5. The molecule has 2 atom stereocenters. The molecule has 0 aliphatic carbocycles. The van der Waals surface area contributed by atoms with Crippen LogP contribution in [0.2, 0.25) is 0 Å². The molecule has 0 spiro atoms. The van der Waals surface area contributed by atoms with Crippen molar-refractivity contribution in [3.63, 3.8) is 0 Å². The summed E-state index contributed by atoms with van der Waals surface area (Å²) in [6.45, 7) is 1.87. The van der Waals surface area contributed by atoms with Gasteiger partial charge in [-0.3, -0.25) is 4.90 Å². The number of hydrogen-bond acceptors (Lipinski definition) is 5. The van der Waals surface area contributed by atoms with Gasteiger partial charge in [0.05, 0.1) is 25.8 Å². The quantitative estimate of drug-likeness (QED) is 0.880. The molecule has 2 heterocycles. The van der Waals surface area contributed by atoms with Crippen LogP contribution in [0.1, 0.15) is 23.1 Å². The smallest absolute Gasteiger partial charge is 0.129 e. The second kappa shape index (κ2) is 7.07. The summed E-state index contributed by atoms with van der Waals surface area (Å²) in [7, 11) is 0. The van der Waals surface area contributed by atoms with Gasteiger partial charge in [0, 0.05) is 6.54 Å². The molecule has 118 valence electrons. The lowest BCUT2D eigenvalue weighted by Gasteiger charge is -2.40. The maximum absolute atomic E-state index is 9.64. The van der Waals surface area contributed by atoms with Gasteiger partial charge < -0.3 is 19.4 Å². The Morgan fingerprint density at radius 3 is 2.50 bits per heavy atom. The maximum Gasteiger partial charge on any atom is 0.129 e. The summed E-state index contributed by atoms with van der Waals surface area (Å²) in [5.74, 6) is 1.38. The van der Waals surface area contributed by atoms with Crippen LogP contribution in [0.25, 0.3) is 0 Å². The Bertz CT molecular complexity index is 583. The highest BCUT2D eigenvalue weighted by molar-refractivity contribution is 5.21. The summed E-state index contributed by atoms with van der Waals surface area (Å²) in [5.41, 5.74) is 1.12. The second-order valence-electron chi connectivity index (χ2n) is 5.44. The minimum atomic E-state index is -0.247. The number of aliphatic hydroxyl groups excluding tert-OH is 2. The number of morpholine rings is 1. The highest BCUT2D eigenvalue weighted by Gasteiger charge is 2.33. The van der Waals surface area contributed by atoms with Crippen molar-refractivity contribution in [1.82, 2.24) is 4.90 Å². The summed E-state index contributed by atoms with van der Waals surface area (Å²) < 4.78 is 11.3. The van der Waals surface area contributed by atoms with Crippen LogP contribution in [0, 0.1) is 0 Å². The minimum absolute atomic E-state index is 0.0115. The first kappa shape index (κ1) is 15.2. The Balaban J connectivity index is 1.83. The molecule has 1 saturated heterocycles. The van der Waals surface area contributed by atoms with Crippen LogP contribution < -0.4 is 0 Å². The van der Waals surface area contributed by atoms with Crippen molar-refractivity contribution >= 4 is 0 Å². The fourth-order valence-corrected chi connectivity index (χ4v) is 2.98. The van der Waals surface area contributed by atoms with Gasteiger partial charge >= 0.3 is 0 Å². The van der Waals surface area contributed by atoms with Crippen LogP contribution in [0.4, 0.5) is 0 Å². The normalized spacial score (nSPS) is 22.8. The molecule has 1 aromatic carbocycles. The molecule has 2 N–H and O–H groups in total. The van der Waals surface area contributed by atoms with Gasteiger partial charge in [-0.2, -0.15) is 0 Å². The molecule has 1 aliphatic rings. The third kappa shape index (κ3) is 3.23. The zero-order valence-corrected chi connectivity index (χ0v) is 12.4. The Kier molecular flexibility index (Phi) is 4.90. The van der Waals surface area contributed by atoms with Gasteiger partial charge in [-0.25, -0.2) is 0 Å². The summed E-state index contributed by atoms with van der Waals surface area (Å²) in [6.07, 6.45) is -0.247. The standard InChI is InChI=1S/C17H21NO4/c19-11-15-7-6-14(22-15)10-18-8-9-21-16(12-20)17(18)13-4-2-1-3-5-13/h1-7,16-17,19-20H,8-12H2/t16-,17-/m1/s1. The lowest BCUT2D eigenvalue weighted by Crippen LogP contribution is -2.46. The molecular formula is C17H21NO4. The topological polar surface area (TPSA) is 66.1 Å². The number of benzene rings is 1. The summed E-state index contributed by atoms with van der Waals surface area (Å²) in [6, 6.07) is 13.7. The van der Waals surface area contributed by atoms with E-state index in [4.69, 9.17) is 14.3 Å². The number of aliphatic hydroxyl groups is 2. The molecular weight excluding hydrogens is 282 g/mol. The van der Waals surface area contributed by atoms with E-state index in [9.17, 15) is 5.11 Å². The van der Waals surface area contributed by atoms with Crippen LogP contribution in [-0.2, 0) is 17.9 Å². The molecule has 0 saturated carbocycles. The molecule has 1 aliphatic heterocycles. The van der Waals surface area contributed by atoms with Gasteiger partial charge in [0.15, 0.2) is 0 Å². The predicted molar refractivity (Wildman–Crippen MR) is 81.0 cm³/mol. The van der Waals surface area contributed by atoms with Crippen molar-refractivity contribution in [2.45, 2.75) is 25.3 Å². The SMILES string of the molecule is OCc1ccc(CN2CCO[C@H](CO)[C@H]2c2ccccc2)o1. The molecule has 0 amide bonds. The zero-order valence-electron chi connectivity index (χ0n) is 12.4. The first-order valence-electron chi connectivity index (χ1n) is 7.51. The Morgan fingerprint density at radius 2 is 1.82 bits per heavy atom. The zero-order chi connectivity index (χ0) is 15.4. The van der Waals surface area contributed by atoms with E-state index < -0.39 is 0 Å². The molecule has 0 bridgehead atoms. The van der Waals surface area contributed by atoms with Gasteiger partial charge in [-0.05, 0) is 17.7 Å². The van der Waals surface area contributed by atoms with Gasteiger partial charge in [0.2, 0.25) is 0 Å². The van der Waals surface area contributed by atoms with Gasteiger partial charge in [0.1, 0.15) is 24.2 Å². The molecule has 5 nitrogen and oxygen atoms in total. The maximum atomic E-state index is 9.64. The van der Waals surface area contributed by atoms with Crippen LogP contribution >= 0.6 is 0 Å². The lowest BCUT2D eigenvalue weighted by molar-refractivity contribution is -0.0975. The first-order valence-corrected chi connectivity index (χ1v) is 7.51. The average Bonchev–Trinajstić information content (AvgIpc) is 3.03. The van der Waals surface area contributed by atoms with E-state index in [0.29, 0.717) is 18.9 Å². The van der Waals surface area contributed by atoms with Gasteiger partial charge in [-0.1, -0.05) is 30.3 Å². The third-order valence-corrected chi connectivity index (χ3v) is 4.01. The van der Waals surface area contributed by atoms with Crippen LogP contribution in [0.3, 0.4) is 0 Å². The fraction of sp³-hybridized carbons (Fsp3) is 0.412. The van der Waals surface area contributed by atoms with Crippen molar-refractivity contribution in [3.8, 4) is 0 Å². The van der Waals surface area contributed by atoms with E-state index in [1.807, 2.05) is 24.3 Å². The van der Waals surface area contributed by atoms with Crippen molar-refractivity contribution in [2.24, 2.45) is 0 Å². The predicted octanol–water partition coefficient (Wildman–Crippen LogP) is 1.71. The first-order chi connectivity index (χ1) is 10.8. The Morgan fingerprint density at radius 1 is 1.05 bits per heavy atom. The summed E-state index contributed by atoms with van der Waals surface area (Å²) in [4.78, 5) is 2.25. The highest BCUT2D eigenvalue weighted by Crippen LogP contribution is 2.31. The van der Waals surface area contributed by atoms with Crippen LogP contribution in [0.15, 0.2) is 46.9 Å². The fourth-order valence-electron chi connectivity index (χ4n) is 2.98. The van der Waals surface area contributed by atoms with E-state index in [0.717, 1.165) is 17.9 Å². The molecule has 2 aromatic rings. The Hall–Kier alpha value is -1.66. The van der Waals surface area contributed by atoms with Crippen molar-refractivity contribution in [1.29, 1.82) is 0 Å². The molecule has 5 heteroatoms. The largest absolute Gasteiger partial charge is 0.462 e. The molecule has 0 radical (unpaired) electrons. The van der Waals surface area contributed by atoms with E-state index in [1.54, 1.807) is 6.07 Å². The van der Waals surface area contributed by atoms with Crippen LogP contribution in [-0.4, -0.2) is 41.0 Å². The molecule has 0 unspecified atom stereocenters. The van der Waals surface area contributed by atoms with Gasteiger partial charge in [0.25, 0.3) is 0 Å². The third-order valence-electron chi connectivity index (χ3n) is 4.01. The van der Waals surface area contributed by atoms with Crippen molar-refractivity contribution < 1.29 is 19.4 Å². The molecule has 22 heavy (non-hydrogen) atoms. The number of hydrogen-bond donors (Lipinski definition) is 2. The lowest BCUT2D eigenvalue weighted by atomic mass is 9.98. The highest BCUT2D eigenvalue weighted by atomic mass is 16.5.